The minimum absolute atomic E-state index is 0.252. The number of hydrogen-bond donors (Lipinski definition) is 0. The molecule has 1 aliphatic rings. The average Bonchev–Trinajstić information content (AvgIpc) is 2.86. The Labute approximate surface area is 167 Å². The molecule has 0 spiro atoms. The second-order valence-electron chi connectivity index (χ2n) is 7.68. The Kier molecular flexibility index (Phi) is 5.44. The van der Waals surface area contributed by atoms with Crippen molar-refractivity contribution in [3.63, 3.8) is 0 Å². The summed E-state index contributed by atoms with van der Waals surface area (Å²) in [5.41, 5.74) is 7.18. The molecule has 28 heavy (non-hydrogen) atoms. The summed E-state index contributed by atoms with van der Waals surface area (Å²) in [6, 6.07) is 11.7. The highest BCUT2D eigenvalue weighted by Gasteiger charge is 2.25. The smallest absolute Gasteiger partial charge is 0.175 e. The minimum atomic E-state index is -3.22. The summed E-state index contributed by atoms with van der Waals surface area (Å²) in [5.74, 6) is 0.104. The summed E-state index contributed by atoms with van der Waals surface area (Å²) in [6.45, 7) is 10.5. The van der Waals surface area contributed by atoms with Crippen molar-refractivity contribution in [1.29, 1.82) is 0 Å². The van der Waals surface area contributed by atoms with Crippen LogP contribution in [0.1, 0.15) is 43.9 Å². The van der Waals surface area contributed by atoms with Crippen LogP contribution in [-0.4, -0.2) is 14.7 Å². The summed E-state index contributed by atoms with van der Waals surface area (Å²) >= 11 is 0. The molecule has 0 aliphatic heterocycles. The summed E-state index contributed by atoms with van der Waals surface area (Å²) in [4.78, 5) is 0.296. The molecule has 0 bridgehead atoms. The van der Waals surface area contributed by atoms with Gasteiger partial charge in [-0.05, 0) is 83.0 Å². The van der Waals surface area contributed by atoms with E-state index in [9.17, 15) is 12.8 Å². The molecule has 2 aromatic carbocycles. The number of hydrogen-bond acceptors (Lipinski definition) is 2. The monoisotopic (exact) mass is 396 g/mol. The van der Waals surface area contributed by atoms with Crippen molar-refractivity contribution < 1.29 is 12.8 Å². The molecule has 0 aromatic heterocycles. The molecule has 3 rings (SSSR count). The lowest BCUT2D eigenvalue weighted by Gasteiger charge is -2.12. The third-order valence-corrected chi connectivity index (χ3v) is 6.42. The molecule has 0 N–H and O–H groups in total. The topological polar surface area (TPSA) is 34.1 Å². The maximum atomic E-state index is 13.9. The quantitative estimate of drug-likeness (QED) is 0.567. The Morgan fingerprint density at radius 1 is 1.11 bits per heavy atom. The van der Waals surface area contributed by atoms with Crippen LogP contribution in [0.2, 0.25) is 0 Å². The fourth-order valence-electron chi connectivity index (χ4n) is 3.39. The van der Waals surface area contributed by atoms with E-state index in [4.69, 9.17) is 0 Å². The largest absolute Gasteiger partial charge is 0.224 e. The van der Waals surface area contributed by atoms with Gasteiger partial charge in [-0.1, -0.05) is 44.2 Å². The number of rotatable bonds is 5. The fraction of sp³-hybridized carbons (Fsp3) is 0.250. The molecule has 146 valence electrons. The molecule has 4 heteroatoms. The molecular weight excluding hydrogens is 371 g/mol. The van der Waals surface area contributed by atoms with E-state index in [0.717, 1.165) is 39.0 Å². The van der Waals surface area contributed by atoms with E-state index in [0.29, 0.717) is 17.2 Å². The first-order chi connectivity index (χ1) is 13.1. The van der Waals surface area contributed by atoms with Gasteiger partial charge >= 0.3 is 0 Å². The molecule has 2 aromatic rings. The van der Waals surface area contributed by atoms with Crippen molar-refractivity contribution >= 4 is 27.1 Å². The van der Waals surface area contributed by atoms with Gasteiger partial charge in [-0.3, -0.25) is 0 Å². The first kappa shape index (κ1) is 20.3. The van der Waals surface area contributed by atoms with Crippen LogP contribution in [0, 0.1) is 11.7 Å². The van der Waals surface area contributed by atoms with Crippen LogP contribution in [0.25, 0.3) is 17.2 Å². The van der Waals surface area contributed by atoms with Gasteiger partial charge in [0, 0.05) is 6.26 Å². The number of halogens is 1. The number of benzene rings is 2. The Morgan fingerprint density at radius 2 is 1.75 bits per heavy atom. The second kappa shape index (κ2) is 7.51. The molecule has 1 aliphatic carbocycles. The number of sulfone groups is 1. The van der Waals surface area contributed by atoms with Gasteiger partial charge in [0.05, 0.1) is 4.90 Å². The van der Waals surface area contributed by atoms with Crippen molar-refractivity contribution in [2.75, 3.05) is 6.26 Å². The number of allylic oxidation sites excluding steroid dienone is 4. The van der Waals surface area contributed by atoms with E-state index >= 15 is 0 Å². The molecule has 2 nitrogen and oxygen atoms in total. The highest BCUT2D eigenvalue weighted by molar-refractivity contribution is 7.90. The zero-order valence-corrected chi connectivity index (χ0v) is 17.5. The van der Waals surface area contributed by atoms with Gasteiger partial charge in [-0.15, -0.1) is 0 Å². The zero-order valence-electron chi connectivity index (χ0n) is 16.7. The average molecular weight is 397 g/mol. The van der Waals surface area contributed by atoms with Crippen LogP contribution in [0.4, 0.5) is 4.39 Å². The zero-order chi connectivity index (χ0) is 20.6. The standard InChI is InChI=1S/C24H25FO2S/c1-15(2)16(3)12-22-17(4)23(21-11-8-19(25)14-24(21)22)13-18-6-9-20(10-7-18)28(5,26)27/h6-11,13-15H,3,12H2,1-2,4-5H3/b23-13-. The lowest BCUT2D eigenvalue weighted by Crippen LogP contribution is -1.96. The molecule has 0 heterocycles. The van der Waals surface area contributed by atoms with Crippen molar-refractivity contribution in [3.8, 4) is 0 Å². The Bertz CT molecular complexity index is 1100. The molecule has 0 atom stereocenters. The van der Waals surface area contributed by atoms with E-state index in [-0.39, 0.29) is 5.82 Å². The lowest BCUT2D eigenvalue weighted by atomic mass is 9.93. The minimum Gasteiger partial charge on any atom is -0.224 e. The number of fused-ring (bicyclic) bond motifs is 1. The highest BCUT2D eigenvalue weighted by Crippen LogP contribution is 2.45. The Morgan fingerprint density at radius 3 is 2.32 bits per heavy atom. The maximum Gasteiger partial charge on any atom is 0.175 e. The molecule has 0 unspecified atom stereocenters. The predicted octanol–water partition coefficient (Wildman–Crippen LogP) is 6.16. The molecule has 0 fully saturated rings. The van der Waals surface area contributed by atoms with Crippen LogP contribution in [0.15, 0.2) is 65.1 Å². The summed E-state index contributed by atoms with van der Waals surface area (Å²) in [7, 11) is -3.22. The molecule has 0 saturated heterocycles. The van der Waals surface area contributed by atoms with Crippen molar-refractivity contribution in [3.05, 3.63) is 82.7 Å². The first-order valence-corrected chi connectivity index (χ1v) is 11.2. The molecule has 0 radical (unpaired) electrons. The predicted molar refractivity (Wildman–Crippen MR) is 115 cm³/mol. The van der Waals surface area contributed by atoms with E-state index in [1.165, 1.54) is 12.3 Å². The molecule has 0 saturated carbocycles. The van der Waals surface area contributed by atoms with Gasteiger partial charge in [0.2, 0.25) is 0 Å². The summed E-state index contributed by atoms with van der Waals surface area (Å²) in [5, 5.41) is 0. The summed E-state index contributed by atoms with van der Waals surface area (Å²) < 4.78 is 37.3. The molecule has 0 amide bonds. The van der Waals surface area contributed by atoms with E-state index in [1.54, 1.807) is 30.3 Å². The van der Waals surface area contributed by atoms with E-state index in [1.807, 2.05) is 12.1 Å². The van der Waals surface area contributed by atoms with Gasteiger partial charge in [0.25, 0.3) is 0 Å². The van der Waals surface area contributed by atoms with Gasteiger partial charge < -0.3 is 0 Å². The summed E-state index contributed by atoms with van der Waals surface area (Å²) in [6.07, 6.45) is 3.94. The van der Waals surface area contributed by atoms with E-state index in [2.05, 4.69) is 27.4 Å². The molecular formula is C24H25FO2S. The van der Waals surface area contributed by atoms with Crippen molar-refractivity contribution in [2.24, 2.45) is 5.92 Å². The van der Waals surface area contributed by atoms with Gasteiger partial charge in [0.1, 0.15) is 5.82 Å². The normalized spacial score (nSPS) is 15.4. The van der Waals surface area contributed by atoms with Crippen LogP contribution in [0.3, 0.4) is 0 Å². The maximum absolute atomic E-state index is 13.9. The van der Waals surface area contributed by atoms with Gasteiger partial charge in [-0.2, -0.15) is 0 Å². The van der Waals surface area contributed by atoms with Gasteiger partial charge in [0.15, 0.2) is 9.84 Å². The van der Waals surface area contributed by atoms with Crippen LogP contribution in [-0.2, 0) is 9.84 Å². The third-order valence-electron chi connectivity index (χ3n) is 5.29. The van der Waals surface area contributed by atoms with Crippen LogP contribution in [0.5, 0.6) is 0 Å². The third kappa shape index (κ3) is 4.02. The van der Waals surface area contributed by atoms with Gasteiger partial charge in [-0.25, -0.2) is 12.8 Å². The SMILES string of the molecule is C=C(CC1=C(C)/C(=C/c2ccc(S(C)(=O)=O)cc2)c2ccc(F)cc21)C(C)C. The highest BCUT2D eigenvalue weighted by atomic mass is 32.2. The second-order valence-corrected chi connectivity index (χ2v) is 9.70. The van der Waals surface area contributed by atoms with Crippen molar-refractivity contribution in [1.82, 2.24) is 0 Å². The van der Waals surface area contributed by atoms with Crippen molar-refractivity contribution in [2.45, 2.75) is 32.1 Å². The Hall–Kier alpha value is -2.46. The fourth-order valence-corrected chi connectivity index (χ4v) is 4.02. The van der Waals surface area contributed by atoms with E-state index < -0.39 is 9.84 Å². The lowest BCUT2D eigenvalue weighted by molar-refractivity contribution is 0.602. The van der Waals surface area contributed by atoms with Crippen LogP contribution >= 0.6 is 0 Å². The first-order valence-electron chi connectivity index (χ1n) is 9.28. The van der Waals surface area contributed by atoms with Crippen LogP contribution < -0.4 is 0 Å². The Balaban J connectivity index is 2.08.